The molecular weight excluding hydrogens is 230 g/mol. The fraction of sp³-hybridized carbons (Fsp3) is 0.500. The highest BCUT2D eigenvalue weighted by molar-refractivity contribution is 5.66. The first-order valence-corrected chi connectivity index (χ1v) is 6.03. The maximum Gasteiger partial charge on any atom is 0.303 e. The second kappa shape index (κ2) is 5.40. The number of para-hydroxylation sites is 1. The van der Waals surface area contributed by atoms with E-state index in [1.165, 1.54) is 0 Å². The van der Waals surface area contributed by atoms with Gasteiger partial charge in [-0.15, -0.1) is 0 Å². The number of phenolic OH excluding ortho intramolecular Hbond substituents is 1. The summed E-state index contributed by atoms with van der Waals surface area (Å²) >= 11 is 0. The van der Waals surface area contributed by atoms with Gasteiger partial charge >= 0.3 is 5.97 Å². The Hall–Kier alpha value is -1.55. The van der Waals surface area contributed by atoms with Crippen molar-refractivity contribution in [2.75, 3.05) is 0 Å². The summed E-state index contributed by atoms with van der Waals surface area (Å²) in [6, 6.07) is 5.00. The molecule has 0 heterocycles. The molecule has 4 N–H and O–H groups in total. The van der Waals surface area contributed by atoms with E-state index in [1.54, 1.807) is 6.07 Å². The minimum absolute atomic E-state index is 0.000349. The lowest BCUT2D eigenvalue weighted by Gasteiger charge is -2.23. The van der Waals surface area contributed by atoms with Gasteiger partial charge in [0.25, 0.3) is 0 Å². The first-order chi connectivity index (χ1) is 8.23. The van der Waals surface area contributed by atoms with Gasteiger partial charge in [-0.1, -0.05) is 39.0 Å². The molecule has 0 amide bonds. The van der Waals surface area contributed by atoms with E-state index in [0.717, 1.165) is 5.56 Å². The van der Waals surface area contributed by atoms with Crippen LogP contribution in [0.15, 0.2) is 18.2 Å². The maximum absolute atomic E-state index is 10.5. The fourth-order valence-corrected chi connectivity index (χ4v) is 1.90. The summed E-state index contributed by atoms with van der Waals surface area (Å²) in [6.07, 6.45) is 0.316. The molecule has 100 valence electrons. The molecule has 1 unspecified atom stereocenters. The van der Waals surface area contributed by atoms with Gasteiger partial charge < -0.3 is 15.9 Å². The quantitative estimate of drug-likeness (QED) is 0.768. The second-order valence-electron chi connectivity index (χ2n) is 5.53. The summed E-state index contributed by atoms with van der Waals surface area (Å²) in [6.45, 7) is 6.03. The van der Waals surface area contributed by atoms with Crippen LogP contribution in [-0.2, 0) is 10.2 Å². The van der Waals surface area contributed by atoms with E-state index in [0.29, 0.717) is 12.0 Å². The minimum atomic E-state index is -0.878. The number of aliphatic carboxylic acids is 1. The van der Waals surface area contributed by atoms with Crippen LogP contribution in [0.4, 0.5) is 0 Å². The Kier molecular flexibility index (Phi) is 4.35. The number of rotatable bonds is 4. The molecule has 0 saturated heterocycles. The van der Waals surface area contributed by atoms with Gasteiger partial charge in [0, 0.05) is 18.0 Å². The molecule has 1 atom stereocenters. The number of carboxylic acids is 1. The van der Waals surface area contributed by atoms with Crippen LogP contribution in [0.1, 0.15) is 50.8 Å². The molecular formula is C14H21NO3. The fourth-order valence-electron chi connectivity index (χ4n) is 1.90. The molecule has 0 aliphatic heterocycles. The molecule has 1 aromatic rings. The summed E-state index contributed by atoms with van der Waals surface area (Å²) < 4.78 is 0. The molecule has 0 aromatic heterocycles. The average molecular weight is 251 g/mol. The van der Waals surface area contributed by atoms with Gasteiger partial charge in [0.1, 0.15) is 5.75 Å². The third-order valence-electron chi connectivity index (χ3n) is 2.94. The van der Waals surface area contributed by atoms with Crippen LogP contribution >= 0.6 is 0 Å². The number of carbonyl (C=O) groups is 1. The molecule has 1 rings (SSSR count). The van der Waals surface area contributed by atoms with Gasteiger partial charge in [-0.3, -0.25) is 4.79 Å². The Balaban J connectivity index is 3.00. The molecule has 4 heteroatoms. The third kappa shape index (κ3) is 3.47. The molecule has 4 nitrogen and oxygen atoms in total. The van der Waals surface area contributed by atoms with E-state index in [2.05, 4.69) is 0 Å². The second-order valence-corrected chi connectivity index (χ2v) is 5.53. The van der Waals surface area contributed by atoms with Crippen LogP contribution in [0.3, 0.4) is 0 Å². The highest BCUT2D eigenvalue weighted by Gasteiger charge is 2.22. The molecule has 0 saturated carbocycles. The van der Waals surface area contributed by atoms with Gasteiger partial charge in [-0.25, -0.2) is 0 Å². The van der Waals surface area contributed by atoms with Crippen molar-refractivity contribution in [3.63, 3.8) is 0 Å². The Labute approximate surface area is 107 Å². The summed E-state index contributed by atoms with van der Waals surface area (Å²) in [5, 5.41) is 18.9. The van der Waals surface area contributed by atoms with Crippen LogP contribution in [-0.4, -0.2) is 16.2 Å². The number of hydrogen-bond acceptors (Lipinski definition) is 3. The van der Waals surface area contributed by atoms with E-state index in [-0.39, 0.29) is 17.6 Å². The zero-order chi connectivity index (χ0) is 13.9. The van der Waals surface area contributed by atoms with Crippen molar-refractivity contribution < 1.29 is 15.0 Å². The van der Waals surface area contributed by atoms with Crippen molar-refractivity contribution in [3.8, 4) is 5.75 Å². The van der Waals surface area contributed by atoms with Crippen LogP contribution in [0.5, 0.6) is 5.75 Å². The highest BCUT2D eigenvalue weighted by Crippen LogP contribution is 2.36. The van der Waals surface area contributed by atoms with Gasteiger partial charge in [-0.05, 0) is 17.4 Å². The van der Waals surface area contributed by atoms with Crippen molar-refractivity contribution >= 4 is 5.97 Å². The average Bonchev–Trinajstić information content (AvgIpc) is 2.24. The smallest absolute Gasteiger partial charge is 0.303 e. The summed E-state index contributed by atoms with van der Waals surface area (Å²) in [5.74, 6) is -0.695. The van der Waals surface area contributed by atoms with E-state index < -0.39 is 12.0 Å². The lowest BCUT2D eigenvalue weighted by molar-refractivity contribution is -0.137. The van der Waals surface area contributed by atoms with E-state index in [9.17, 15) is 9.90 Å². The molecule has 1 aromatic carbocycles. The Morgan fingerprint density at radius 3 is 2.50 bits per heavy atom. The number of benzene rings is 1. The van der Waals surface area contributed by atoms with Crippen LogP contribution in [0, 0.1) is 0 Å². The van der Waals surface area contributed by atoms with Crippen molar-refractivity contribution in [1.82, 2.24) is 0 Å². The molecule has 0 radical (unpaired) electrons. The van der Waals surface area contributed by atoms with Crippen LogP contribution in [0.2, 0.25) is 0 Å². The third-order valence-corrected chi connectivity index (χ3v) is 2.94. The number of aromatic hydroxyl groups is 1. The van der Waals surface area contributed by atoms with E-state index in [4.69, 9.17) is 10.8 Å². The van der Waals surface area contributed by atoms with E-state index in [1.807, 2.05) is 32.9 Å². The molecule has 0 aliphatic carbocycles. The number of nitrogens with two attached hydrogens (primary N) is 1. The van der Waals surface area contributed by atoms with Crippen molar-refractivity contribution in [2.24, 2.45) is 5.73 Å². The lowest BCUT2D eigenvalue weighted by Crippen LogP contribution is -2.16. The van der Waals surface area contributed by atoms with Gasteiger partial charge in [-0.2, -0.15) is 0 Å². The van der Waals surface area contributed by atoms with Crippen LogP contribution < -0.4 is 5.73 Å². The van der Waals surface area contributed by atoms with E-state index >= 15 is 0 Å². The number of phenols is 1. The molecule has 18 heavy (non-hydrogen) atoms. The molecule has 0 fully saturated rings. The van der Waals surface area contributed by atoms with Gasteiger partial charge in [0.15, 0.2) is 0 Å². The minimum Gasteiger partial charge on any atom is -0.507 e. The van der Waals surface area contributed by atoms with Crippen molar-refractivity contribution in [1.29, 1.82) is 0 Å². The highest BCUT2D eigenvalue weighted by atomic mass is 16.4. The monoisotopic (exact) mass is 251 g/mol. The Morgan fingerprint density at radius 2 is 2.00 bits per heavy atom. The SMILES string of the molecule is CC(C)(C)c1cccc(C(N)CCC(=O)O)c1O. The van der Waals surface area contributed by atoms with Crippen LogP contribution in [0.25, 0.3) is 0 Å². The summed E-state index contributed by atoms with van der Waals surface area (Å²) in [4.78, 5) is 10.5. The standard InChI is InChI=1S/C14H21NO3/c1-14(2,3)10-6-4-5-9(13(10)18)11(15)7-8-12(16)17/h4-6,11,18H,7-8,15H2,1-3H3,(H,16,17). The first kappa shape index (κ1) is 14.5. The topological polar surface area (TPSA) is 83.6 Å². The predicted molar refractivity (Wildman–Crippen MR) is 70.6 cm³/mol. The lowest BCUT2D eigenvalue weighted by atomic mass is 9.84. The number of carboxylic acid groups (broad SMARTS) is 1. The predicted octanol–water partition coefficient (Wildman–Crippen LogP) is 2.55. The van der Waals surface area contributed by atoms with Gasteiger partial charge in [0.05, 0.1) is 0 Å². The largest absolute Gasteiger partial charge is 0.507 e. The Bertz CT molecular complexity index is 435. The number of hydrogen-bond donors (Lipinski definition) is 3. The zero-order valence-corrected chi connectivity index (χ0v) is 11.1. The summed E-state index contributed by atoms with van der Waals surface area (Å²) in [7, 11) is 0. The first-order valence-electron chi connectivity index (χ1n) is 6.03. The molecule has 0 aliphatic rings. The normalized spacial score (nSPS) is 13.3. The van der Waals surface area contributed by atoms with Crippen molar-refractivity contribution in [3.05, 3.63) is 29.3 Å². The maximum atomic E-state index is 10.5. The zero-order valence-electron chi connectivity index (χ0n) is 11.1. The summed E-state index contributed by atoms with van der Waals surface area (Å²) in [5.41, 5.74) is 7.20. The molecule has 0 spiro atoms. The Morgan fingerprint density at radius 1 is 1.39 bits per heavy atom. The van der Waals surface area contributed by atoms with Gasteiger partial charge in [0.2, 0.25) is 0 Å². The van der Waals surface area contributed by atoms with Crippen molar-refractivity contribution in [2.45, 2.75) is 45.1 Å². The molecule has 0 bridgehead atoms.